The van der Waals surface area contributed by atoms with Crippen molar-refractivity contribution in [3.05, 3.63) is 23.9 Å². The number of hydrogen-bond donors (Lipinski definition) is 2. The highest BCUT2D eigenvalue weighted by molar-refractivity contribution is 5.79. The van der Waals surface area contributed by atoms with Crippen molar-refractivity contribution in [2.75, 3.05) is 33.4 Å². The highest BCUT2D eigenvalue weighted by atomic mass is 16.5. The van der Waals surface area contributed by atoms with Crippen LogP contribution < -0.4 is 15.4 Å². The van der Waals surface area contributed by atoms with E-state index in [0.717, 1.165) is 44.1 Å². The minimum Gasteiger partial charge on any atom is -0.478 e. The SMILES string of the molecule is CCCOc1ccc(CNC(=NC)NCC2(CCOCC)CCCC2)cn1. The maximum absolute atomic E-state index is 5.60. The molecule has 1 aliphatic rings. The normalized spacial score (nSPS) is 16.3. The van der Waals surface area contributed by atoms with Crippen molar-refractivity contribution >= 4 is 5.96 Å². The maximum Gasteiger partial charge on any atom is 0.213 e. The molecular weight excluding hydrogens is 340 g/mol. The largest absolute Gasteiger partial charge is 0.478 e. The average Bonchev–Trinajstić information content (AvgIpc) is 3.16. The fourth-order valence-corrected chi connectivity index (χ4v) is 3.56. The lowest BCUT2D eigenvalue weighted by Gasteiger charge is -2.30. The van der Waals surface area contributed by atoms with Crippen molar-refractivity contribution < 1.29 is 9.47 Å². The molecule has 6 heteroatoms. The van der Waals surface area contributed by atoms with Gasteiger partial charge in [-0.15, -0.1) is 0 Å². The molecule has 0 bridgehead atoms. The molecule has 0 radical (unpaired) electrons. The molecule has 1 aromatic heterocycles. The lowest BCUT2D eigenvalue weighted by molar-refractivity contribution is 0.105. The summed E-state index contributed by atoms with van der Waals surface area (Å²) in [6.07, 6.45) is 9.13. The van der Waals surface area contributed by atoms with Crippen LogP contribution in [0.5, 0.6) is 5.88 Å². The molecule has 0 saturated heterocycles. The van der Waals surface area contributed by atoms with Crippen LogP contribution in [-0.4, -0.2) is 44.4 Å². The zero-order chi connectivity index (χ0) is 19.4. The first kappa shape index (κ1) is 21.5. The molecule has 6 nitrogen and oxygen atoms in total. The van der Waals surface area contributed by atoms with E-state index >= 15 is 0 Å². The van der Waals surface area contributed by atoms with Gasteiger partial charge in [0.1, 0.15) is 0 Å². The highest BCUT2D eigenvalue weighted by Gasteiger charge is 2.33. The second-order valence-corrected chi connectivity index (χ2v) is 7.29. The first-order valence-electron chi connectivity index (χ1n) is 10.3. The molecule has 1 heterocycles. The Bertz CT molecular complexity index is 554. The van der Waals surface area contributed by atoms with Crippen molar-refractivity contribution in [2.24, 2.45) is 10.4 Å². The topological polar surface area (TPSA) is 67.8 Å². The Morgan fingerprint density at radius 1 is 1.19 bits per heavy atom. The van der Waals surface area contributed by atoms with Gasteiger partial charge in [-0.3, -0.25) is 4.99 Å². The van der Waals surface area contributed by atoms with Gasteiger partial charge in [0.05, 0.1) is 6.61 Å². The number of nitrogens with one attached hydrogen (secondary N) is 2. The summed E-state index contributed by atoms with van der Waals surface area (Å²) < 4.78 is 11.1. The number of nitrogens with zero attached hydrogens (tertiary/aromatic N) is 2. The van der Waals surface area contributed by atoms with Crippen LogP contribution in [0.3, 0.4) is 0 Å². The van der Waals surface area contributed by atoms with E-state index in [0.29, 0.717) is 24.4 Å². The van der Waals surface area contributed by atoms with Gasteiger partial charge < -0.3 is 20.1 Å². The van der Waals surface area contributed by atoms with Crippen molar-refractivity contribution in [2.45, 2.75) is 58.9 Å². The molecule has 0 aromatic carbocycles. The summed E-state index contributed by atoms with van der Waals surface area (Å²) >= 11 is 0. The summed E-state index contributed by atoms with van der Waals surface area (Å²) in [6.45, 7) is 8.12. The Morgan fingerprint density at radius 3 is 2.63 bits per heavy atom. The molecule has 0 amide bonds. The van der Waals surface area contributed by atoms with Gasteiger partial charge in [0, 0.05) is 45.6 Å². The van der Waals surface area contributed by atoms with E-state index in [1.807, 2.05) is 25.4 Å². The lowest BCUT2D eigenvalue weighted by atomic mass is 9.83. The van der Waals surface area contributed by atoms with Crippen LogP contribution in [0.2, 0.25) is 0 Å². The van der Waals surface area contributed by atoms with Gasteiger partial charge in [-0.25, -0.2) is 4.98 Å². The summed E-state index contributed by atoms with van der Waals surface area (Å²) in [6, 6.07) is 3.96. The van der Waals surface area contributed by atoms with E-state index in [2.05, 4.69) is 34.5 Å². The predicted molar refractivity (Wildman–Crippen MR) is 110 cm³/mol. The van der Waals surface area contributed by atoms with Gasteiger partial charge in [-0.2, -0.15) is 0 Å². The number of aliphatic imine (C=N–C) groups is 1. The van der Waals surface area contributed by atoms with Crippen molar-refractivity contribution in [3.8, 4) is 5.88 Å². The quantitative estimate of drug-likeness (QED) is 0.351. The van der Waals surface area contributed by atoms with Gasteiger partial charge in [0.25, 0.3) is 0 Å². The molecule has 1 aliphatic carbocycles. The van der Waals surface area contributed by atoms with Crippen LogP contribution in [-0.2, 0) is 11.3 Å². The summed E-state index contributed by atoms with van der Waals surface area (Å²) in [5.74, 6) is 1.52. The predicted octanol–water partition coefficient (Wildman–Crippen LogP) is 3.52. The Labute approximate surface area is 164 Å². The summed E-state index contributed by atoms with van der Waals surface area (Å²) in [5, 5.41) is 6.91. The minimum atomic E-state index is 0.340. The van der Waals surface area contributed by atoms with Crippen molar-refractivity contribution in [1.29, 1.82) is 0 Å². The van der Waals surface area contributed by atoms with Crippen molar-refractivity contribution in [3.63, 3.8) is 0 Å². The molecule has 2 N–H and O–H groups in total. The van der Waals surface area contributed by atoms with Crippen LogP contribution >= 0.6 is 0 Å². The molecule has 0 unspecified atom stereocenters. The summed E-state index contributed by atoms with van der Waals surface area (Å²) in [4.78, 5) is 8.71. The number of ether oxygens (including phenoxy) is 2. The molecule has 1 saturated carbocycles. The van der Waals surface area contributed by atoms with Crippen molar-refractivity contribution in [1.82, 2.24) is 15.6 Å². The molecule has 27 heavy (non-hydrogen) atoms. The van der Waals surface area contributed by atoms with Gasteiger partial charge in [0.2, 0.25) is 5.88 Å². The molecule has 0 atom stereocenters. The molecule has 0 spiro atoms. The van der Waals surface area contributed by atoms with Crippen LogP contribution in [0.15, 0.2) is 23.3 Å². The third kappa shape index (κ3) is 7.37. The Kier molecular flexibility index (Phi) is 9.39. The molecule has 1 fully saturated rings. The van der Waals surface area contributed by atoms with E-state index < -0.39 is 0 Å². The Morgan fingerprint density at radius 2 is 2.00 bits per heavy atom. The van der Waals surface area contributed by atoms with Gasteiger partial charge in [0.15, 0.2) is 5.96 Å². The van der Waals surface area contributed by atoms with Crippen LogP contribution in [0, 0.1) is 5.41 Å². The summed E-state index contributed by atoms with van der Waals surface area (Å²) in [7, 11) is 1.82. The third-order valence-corrected chi connectivity index (χ3v) is 5.21. The van der Waals surface area contributed by atoms with E-state index in [4.69, 9.17) is 9.47 Å². The van der Waals surface area contributed by atoms with E-state index in [-0.39, 0.29) is 0 Å². The number of guanidine groups is 1. The third-order valence-electron chi connectivity index (χ3n) is 5.21. The zero-order valence-corrected chi connectivity index (χ0v) is 17.2. The molecule has 152 valence electrons. The second-order valence-electron chi connectivity index (χ2n) is 7.29. The van der Waals surface area contributed by atoms with Gasteiger partial charge >= 0.3 is 0 Å². The number of aromatic nitrogens is 1. The standard InChI is InChI=1S/C21H36N4O2/c1-4-13-27-19-9-8-18(15-23-19)16-24-20(22-3)25-17-21(10-6-7-11-21)12-14-26-5-2/h8-9,15H,4-7,10-14,16-17H2,1-3H3,(H2,22,24,25). The maximum atomic E-state index is 5.60. The number of pyridine rings is 1. The minimum absolute atomic E-state index is 0.340. The molecule has 2 rings (SSSR count). The highest BCUT2D eigenvalue weighted by Crippen LogP contribution is 2.40. The lowest BCUT2D eigenvalue weighted by Crippen LogP contribution is -2.43. The second kappa shape index (κ2) is 11.8. The number of hydrogen-bond acceptors (Lipinski definition) is 4. The fraction of sp³-hybridized carbons (Fsp3) is 0.714. The average molecular weight is 377 g/mol. The summed E-state index contributed by atoms with van der Waals surface area (Å²) in [5.41, 5.74) is 1.45. The van der Waals surface area contributed by atoms with E-state index in [1.54, 1.807) is 0 Å². The van der Waals surface area contributed by atoms with E-state index in [9.17, 15) is 0 Å². The first-order chi connectivity index (χ1) is 13.2. The first-order valence-corrected chi connectivity index (χ1v) is 10.3. The van der Waals surface area contributed by atoms with E-state index in [1.165, 1.54) is 25.7 Å². The fourth-order valence-electron chi connectivity index (χ4n) is 3.56. The molecule has 0 aliphatic heterocycles. The van der Waals surface area contributed by atoms with Crippen LogP contribution in [0.4, 0.5) is 0 Å². The smallest absolute Gasteiger partial charge is 0.213 e. The van der Waals surface area contributed by atoms with Gasteiger partial charge in [-0.1, -0.05) is 25.8 Å². The Balaban J connectivity index is 1.79. The monoisotopic (exact) mass is 376 g/mol. The number of rotatable bonds is 11. The molecule has 1 aromatic rings. The molecular formula is C21H36N4O2. The van der Waals surface area contributed by atoms with Crippen LogP contribution in [0.1, 0.15) is 57.9 Å². The zero-order valence-electron chi connectivity index (χ0n) is 17.2. The van der Waals surface area contributed by atoms with Gasteiger partial charge in [-0.05, 0) is 43.6 Å². The Hall–Kier alpha value is -1.82. The van der Waals surface area contributed by atoms with Crippen LogP contribution in [0.25, 0.3) is 0 Å².